The van der Waals surface area contributed by atoms with Gasteiger partial charge in [-0.25, -0.2) is 4.79 Å². The summed E-state index contributed by atoms with van der Waals surface area (Å²) < 4.78 is 4.82. The van der Waals surface area contributed by atoms with Crippen LogP contribution in [0.1, 0.15) is 78.8 Å². The summed E-state index contributed by atoms with van der Waals surface area (Å²) >= 11 is 6.19. The van der Waals surface area contributed by atoms with E-state index in [1.165, 1.54) is 69.6 Å². The molecule has 0 atom stereocenters. The molecule has 2 aromatic carbocycles. The molecule has 0 unspecified atom stereocenters. The van der Waals surface area contributed by atoms with Gasteiger partial charge >= 0.3 is 5.97 Å². The van der Waals surface area contributed by atoms with Crippen LogP contribution in [0.2, 0.25) is 5.02 Å². The minimum Gasteiger partial charge on any atom is -0.465 e. The highest BCUT2D eigenvalue weighted by atomic mass is 35.5. The molecule has 1 heterocycles. The number of methoxy groups -OCH3 is 1. The summed E-state index contributed by atoms with van der Waals surface area (Å²) in [5, 5.41) is 0.816. The van der Waals surface area contributed by atoms with Crippen LogP contribution in [0.4, 0.5) is 0 Å². The molecule has 3 aliphatic rings. The van der Waals surface area contributed by atoms with E-state index in [9.17, 15) is 4.79 Å². The van der Waals surface area contributed by atoms with Crippen LogP contribution in [0.15, 0.2) is 54.1 Å². The molecule has 33 heavy (non-hydrogen) atoms. The third kappa shape index (κ3) is 4.90. The minimum atomic E-state index is -0.266. The van der Waals surface area contributed by atoms with Gasteiger partial charge in [-0.1, -0.05) is 47.9 Å². The van der Waals surface area contributed by atoms with Crippen molar-refractivity contribution in [3.63, 3.8) is 0 Å². The van der Waals surface area contributed by atoms with Gasteiger partial charge in [-0.2, -0.15) is 0 Å². The Hall–Kier alpha value is -2.10. The monoisotopic (exact) mass is 463 g/mol. The Morgan fingerprint density at radius 1 is 1.03 bits per heavy atom. The lowest BCUT2D eigenvalue weighted by molar-refractivity contribution is 0.0600. The molecule has 0 radical (unpaired) electrons. The number of hydrogen-bond donors (Lipinski definition) is 0. The number of piperidine rings is 1. The predicted octanol–water partition coefficient (Wildman–Crippen LogP) is 7.11. The molecule has 1 spiro atoms. The Bertz CT molecular complexity index is 1010. The number of hydrogen-bond acceptors (Lipinski definition) is 3. The third-order valence-electron chi connectivity index (χ3n) is 8.35. The van der Waals surface area contributed by atoms with E-state index in [0.29, 0.717) is 16.9 Å². The van der Waals surface area contributed by atoms with Gasteiger partial charge < -0.3 is 4.74 Å². The molecule has 1 aliphatic heterocycles. The fourth-order valence-electron chi connectivity index (χ4n) is 6.09. The van der Waals surface area contributed by atoms with Crippen molar-refractivity contribution in [3.8, 4) is 0 Å². The quantitative estimate of drug-likeness (QED) is 0.442. The summed E-state index contributed by atoms with van der Waals surface area (Å²) in [5.74, 6) is 0.305. The van der Waals surface area contributed by atoms with Crippen molar-refractivity contribution in [3.05, 3.63) is 75.8 Å². The van der Waals surface area contributed by atoms with Crippen molar-refractivity contribution in [2.75, 3.05) is 26.7 Å². The zero-order chi connectivity index (χ0) is 22.8. The molecule has 174 valence electrons. The van der Waals surface area contributed by atoms with E-state index < -0.39 is 0 Å². The van der Waals surface area contributed by atoms with Gasteiger partial charge in [0.15, 0.2) is 0 Å². The highest BCUT2D eigenvalue weighted by Gasteiger charge is 2.40. The second-order valence-electron chi connectivity index (χ2n) is 10.3. The smallest absolute Gasteiger partial charge is 0.337 e. The van der Waals surface area contributed by atoms with Crippen LogP contribution in [-0.2, 0) is 4.74 Å². The molecule has 5 rings (SSSR count). The number of ether oxygens (including phenoxy) is 1. The lowest BCUT2D eigenvalue weighted by Gasteiger charge is -2.47. The van der Waals surface area contributed by atoms with Crippen molar-refractivity contribution in [2.45, 2.75) is 57.3 Å². The number of carbonyl (C=O) groups excluding carboxylic acids is 1. The number of carbonyl (C=O) groups is 1. The fraction of sp³-hybridized carbons (Fsp3) is 0.483. The highest BCUT2D eigenvalue weighted by molar-refractivity contribution is 6.30. The van der Waals surface area contributed by atoms with Crippen LogP contribution in [0.25, 0.3) is 5.57 Å². The highest BCUT2D eigenvalue weighted by Crippen LogP contribution is 2.55. The molecular weight excluding hydrogens is 430 g/mol. The largest absolute Gasteiger partial charge is 0.465 e. The van der Waals surface area contributed by atoms with Gasteiger partial charge in [0.2, 0.25) is 0 Å². The molecule has 0 amide bonds. The summed E-state index contributed by atoms with van der Waals surface area (Å²) in [5.41, 5.74) is 7.16. The number of esters is 1. The summed E-state index contributed by atoms with van der Waals surface area (Å²) in [4.78, 5) is 14.4. The zero-order valence-electron chi connectivity index (χ0n) is 19.6. The molecule has 1 saturated carbocycles. The fourth-order valence-corrected chi connectivity index (χ4v) is 6.22. The first-order valence-electron chi connectivity index (χ1n) is 12.4. The van der Waals surface area contributed by atoms with Gasteiger partial charge in [-0.15, -0.1) is 0 Å². The third-order valence-corrected chi connectivity index (χ3v) is 8.60. The second-order valence-corrected chi connectivity index (χ2v) is 10.7. The van der Waals surface area contributed by atoms with E-state index in [-0.39, 0.29) is 5.97 Å². The molecule has 4 heteroatoms. The van der Waals surface area contributed by atoms with E-state index in [1.807, 2.05) is 24.3 Å². The number of allylic oxidation sites excluding steroid dienone is 1. The van der Waals surface area contributed by atoms with Crippen molar-refractivity contribution >= 4 is 23.1 Å². The van der Waals surface area contributed by atoms with Crippen LogP contribution in [0, 0.1) is 5.41 Å². The zero-order valence-corrected chi connectivity index (χ0v) is 20.4. The van der Waals surface area contributed by atoms with Crippen molar-refractivity contribution in [2.24, 2.45) is 5.41 Å². The van der Waals surface area contributed by atoms with Crippen molar-refractivity contribution in [1.29, 1.82) is 0 Å². The molecule has 0 bridgehead atoms. The maximum atomic E-state index is 11.7. The Balaban J connectivity index is 1.26. The van der Waals surface area contributed by atoms with Crippen LogP contribution >= 0.6 is 11.6 Å². The van der Waals surface area contributed by atoms with E-state index in [4.69, 9.17) is 16.3 Å². The van der Waals surface area contributed by atoms with Gasteiger partial charge in [0, 0.05) is 11.6 Å². The lowest BCUT2D eigenvalue weighted by atomic mass is 9.59. The maximum absolute atomic E-state index is 11.7. The number of nitrogens with zero attached hydrogens (tertiary/aromatic N) is 1. The first kappa shape index (κ1) is 22.7. The van der Waals surface area contributed by atoms with Crippen LogP contribution in [0.3, 0.4) is 0 Å². The van der Waals surface area contributed by atoms with Gasteiger partial charge in [-0.3, -0.25) is 4.90 Å². The van der Waals surface area contributed by atoms with Gasteiger partial charge in [0.05, 0.1) is 12.7 Å². The molecule has 0 N–H and O–H groups in total. The minimum absolute atomic E-state index is 0.266. The van der Waals surface area contributed by atoms with Gasteiger partial charge in [0.1, 0.15) is 0 Å². The first-order chi connectivity index (χ1) is 16.0. The topological polar surface area (TPSA) is 29.5 Å². The van der Waals surface area contributed by atoms with Gasteiger partial charge in [0.25, 0.3) is 0 Å². The summed E-state index contributed by atoms with van der Waals surface area (Å²) in [6.07, 6.45) is 10.4. The number of benzene rings is 2. The Morgan fingerprint density at radius 2 is 1.73 bits per heavy atom. The molecule has 2 aromatic rings. The van der Waals surface area contributed by atoms with Crippen LogP contribution < -0.4 is 0 Å². The second kappa shape index (κ2) is 9.64. The molecule has 1 saturated heterocycles. The number of likely N-dealkylation sites (tertiary alicyclic amines) is 1. The van der Waals surface area contributed by atoms with Crippen molar-refractivity contribution in [1.82, 2.24) is 4.90 Å². The SMILES string of the molecule is COC(=O)c1ccc(C2CCN(CC3=C(c4ccc(Cl)cc4)CC4(CCC4)CC3)CC2)cc1. The summed E-state index contributed by atoms with van der Waals surface area (Å²) in [6.45, 7) is 3.36. The lowest BCUT2D eigenvalue weighted by Crippen LogP contribution is -2.37. The Morgan fingerprint density at radius 3 is 2.33 bits per heavy atom. The maximum Gasteiger partial charge on any atom is 0.337 e. The van der Waals surface area contributed by atoms with E-state index >= 15 is 0 Å². The average Bonchev–Trinajstić information content (AvgIpc) is 2.84. The first-order valence-corrected chi connectivity index (χ1v) is 12.8. The standard InChI is InChI=1S/C29H34ClNO2/c1-33-28(32)24-5-3-21(4-6-24)22-12-17-31(18-13-22)20-25-11-16-29(14-2-15-29)19-27(25)23-7-9-26(30)10-8-23/h3-10,22H,2,11-20H2,1H3. The number of halogens is 1. The molecule has 0 aromatic heterocycles. The van der Waals surface area contributed by atoms with E-state index in [0.717, 1.165) is 24.7 Å². The molecular formula is C29H34ClNO2. The molecule has 3 nitrogen and oxygen atoms in total. The van der Waals surface area contributed by atoms with E-state index in [1.54, 1.807) is 11.1 Å². The summed E-state index contributed by atoms with van der Waals surface area (Å²) in [7, 11) is 1.43. The molecule has 2 fully saturated rings. The van der Waals surface area contributed by atoms with Crippen LogP contribution in [-0.4, -0.2) is 37.6 Å². The molecule has 2 aliphatic carbocycles. The van der Waals surface area contributed by atoms with Crippen LogP contribution in [0.5, 0.6) is 0 Å². The summed E-state index contributed by atoms with van der Waals surface area (Å²) in [6, 6.07) is 16.5. The average molecular weight is 464 g/mol. The predicted molar refractivity (Wildman–Crippen MR) is 135 cm³/mol. The van der Waals surface area contributed by atoms with E-state index in [2.05, 4.69) is 29.2 Å². The Labute approximate surface area is 202 Å². The number of rotatable bonds is 5. The normalized spacial score (nSPS) is 21.2. The Kier molecular flexibility index (Phi) is 6.62. The van der Waals surface area contributed by atoms with Crippen molar-refractivity contribution < 1.29 is 9.53 Å². The van der Waals surface area contributed by atoms with Gasteiger partial charge in [-0.05, 0) is 110 Å².